The summed E-state index contributed by atoms with van der Waals surface area (Å²) in [5.41, 5.74) is 1.04. The van der Waals surface area contributed by atoms with Gasteiger partial charge in [0.05, 0.1) is 6.04 Å². The number of amides is 1. The largest absolute Gasteiger partial charge is 0.348 e. The molecule has 0 fully saturated rings. The Hall–Kier alpha value is -1.57. The van der Waals surface area contributed by atoms with Crippen LogP contribution in [-0.4, -0.2) is 6.41 Å². The number of benzene rings is 1. The number of carbonyl (C=O) groups is 1. The van der Waals surface area contributed by atoms with Crippen LogP contribution in [0.3, 0.4) is 0 Å². The predicted octanol–water partition coefficient (Wildman–Crippen LogP) is 1.66. The molecular formula is C10H11NO. The lowest BCUT2D eigenvalue weighted by molar-refractivity contribution is -0.109. The Morgan fingerprint density at radius 2 is 2.00 bits per heavy atom. The zero-order chi connectivity index (χ0) is 8.81. The van der Waals surface area contributed by atoms with Gasteiger partial charge < -0.3 is 5.32 Å². The summed E-state index contributed by atoms with van der Waals surface area (Å²) in [6.07, 6.45) is 2.38. The van der Waals surface area contributed by atoms with Gasteiger partial charge in [-0.3, -0.25) is 4.79 Å². The average molecular weight is 163 g/mol. The first-order chi connectivity index (χ1) is 5.88. The fourth-order valence-electron chi connectivity index (χ4n) is 1.03. The number of carbonyl (C=O) groups excluding carboxylic acids is 1. The highest BCUT2D eigenvalue weighted by atomic mass is 16.1. The van der Waals surface area contributed by atoms with Crippen LogP contribution < -0.4 is 5.32 Å². The van der Waals surface area contributed by atoms with Crippen molar-refractivity contribution in [2.75, 3.05) is 0 Å². The summed E-state index contributed by atoms with van der Waals surface area (Å²) in [6, 6.07) is 9.61. The molecule has 0 aliphatic carbocycles. The molecule has 2 heteroatoms. The normalized spacial score (nSPS) is 11.7. The molecule has 1 rings (SSSR count). The van der Waals surface area contributed by atoms with Gasteiger partial charge in [-0.25, -0.2) is 0 Å². The molecule has 0 saturated heterocycles. The molecule has 1 amide bonds. The summed E-state index contributed by atoms with van der Waals surface area (Å²) in [5, 5.41) is 2.65. The first kappa shape index (κ1) is 8.53. The Kier molecular flexibility index (Phi) is 3.08. The van der Waals surface area contributed by atoms with Crippen LogP contribution in [0.15, 0.2) is 43.0 Å². The minimum Gasteiger partial charge on any atom is -0.348 e. The van der Waals surface area contributed by atoms with Crippen LogP contribution >= 0.6 is 0 Å². The molecule has 1 unspecified atom stereocenters. The summed E-state index contributed by atoms with van der Waals surface area (Å²) in [6.45, 7) is 3.63. The summed E-state index contributed by atoms with van der Waals surface area (Å²) in [7, 11) is 0. The predicted molar refractivity (Wildman–Crippen MR) is 48.6 cm³/mol. The Labute approximate surface area is 71.9 Å². The second kappa shape index (κ2) is 4.34. The molecule has 0 bridgehead atoms. The topological polar surface area (TPSA) is 29.1 Å². The van der Waals surface area contributed by atoms with E-state index < -0.39 is 0 Å². The van der Waals surface area contributed by atoms with Crippen molar-refractivity contribution in [1.29, 1.82) is 0 Å². The highest BCUT2D eigenvalue weighted by Crippen LogP contribution is 2.11. The number of hydrogen-bond donors (Lipinski definition) is 1. The molecule has 0 spiro atoms. The van der Waals surface area contributed by atoms with E-state index in [4.69, 9.17) is 0 Å². The molecule has 1 atom stereocenters. The monoisotopic (exact) mass is 163 g/mol. The van der Waals surface area contributed by atoms with Gasteiger partial charge in [0, 0.05) is 0 Å². The fraction of sp³-hybridized carbons (Fsp3) is 0.100. The Bertz CT molecular complexity index is 256. The third-order valence-electron chi connectivity index (χ3n) is 1.64. The van der Waals surface area contributed by atoms with Crippen LogP contribution in [0.25, 0.3) is 0 Å². The first-order valence-electron chi connectivity index (χ1n) is 3.75. The average Bonchev–Trinajstić information content (AvgIpc) is 2.15. The summed E-state index contributed by atoms with van der Waals surface area (Å²) in [4.78, 5) is 10.2. The minimum atomic E-state index is -0.0799. The molecule has 12 heavy (non-hydrogen) atoms. The standard InChI is InChI=1S/C10H11NO/c1-2-10(11-8-12)9-6-4-3-5-7-9/h2-8,10H,1H2,(H,11,12)/i9+2. The molecule has 1 aromatic carbocycles. The SMILES string of the molecule is C=CC(NC=O)[14c]1ccccc1. The fourth-order valence-corrected chi connectivity index (χ4v) is 1.03. The number of nitrogens with one attached hydrogen (secondary N) is 1. The second-order valence-electron chi connectivity index (χ2n) is 2.41. The van der Waals surface area contributed by atoms with Gasteiger partial charge in [-0.2, -0.15) is 0 Å². The van der Waals surface area contributed by atoms with E-state index in [1.54, 1.807) is 6.08 Å². The molecule has 62 valence electrons. The molecule has 0 aliphatic rings. The number of hydrogen-bond acceptors (Lipinski definition) is 1. The molecular weight excluding hydrogens is 152 g/mol. The van der Waals surface area contributed by atoms with Gasteiger partial charge in [0.1, 0.15) is 0 Å². The quantitative estimate of drug-likeness (QED) is 0.530. The van der Waals surface area contributed by atoms with Crippen LogP contribution in [-0.2, 0) is 4.79 Å². The van der Waals surface area contributed by atoms with Gasteiger partial charge in [0.2, 0.25) is 6.41 Å². The van der Waals surface area contributed by atoms with Crippen molar-refractivity contribution in [2.24, 2.45) is 0 Å². The van der Waals surface area contributed by atoms with Gasteiger partial charge >= 0.3 is 0 Å². The Morgan fingerprint density at radius 3 is 2.50 bits per heavy atom. The van der Waals surface area contributed by atoms with Gasteiger partial charge in [0.15, 0.2) is 0 Å². The summed E-state index contributed by atoms with van der Waals surface area (Å²) < 4.78 is 0. The number of rotatable bonds is 4. The van der Waals surface area contributed by atoms with Crippen molar-refractivity contribution in [2.45, 2.75) is 6.04 Å². The van der Waals surface area contributed by atoms with Gasteiger partial charge in [-0.15, -0.1) is 6.58 Å². The van der Waals surface area contributed by atoms with E-state index in [9.17, 15) is 4.79 Å². The molecule has 0 heterocycles. The van der Waals surface area contributed by atoms with E-state index in [0.717, 1.165) is 5.56 Å². The van der Waals surface area contributed by atoms with E-state index in [0.29, 0.717) is 6.41 Å². The van der Waals surface area contributed by atoms with Crippen molar-refractivity contribution in [3.63, 3.8) is 0 Å². The van der Waals surface area contributed by atoms with Crippen LogP contribution in [0.5, 0.6) is 0 Å². The van der Waals surface area contributed by atoms with E-state index in [1.165, 1.54) is 0 Å². The Morgan fingerprint density at radius 1 is 1.33 bits per heavy atom. The summed E-state index contributed by atoms with van der Waals surface area (Å²) >= 11 is 0. The maximum absolute atomic E-state index is 10.2. The van der Waals surface area contributed by atoms with Crippen LogP contribution in [0, 0.1) is 0 Å². The van der Waals surface area contributed by atoms with Crippen LogP contribution in [0.2, 0.25) is 0 Å². The molecule has 0 aliphatic heterocycles. The van der Waals surface area contributed by atoms with Crippen molar-refractivity contribution < 1.29 is 4.79 Å². The summed E-state index contributed by atoms with van der Waals surface area (Å²) in [5.74, 6) is 0. The van der Waals surface area contributed by atoms with Gasteiger partial charge in [-0.05, 0) is 5.56 Å². The van der Waals surface area contributed by atoms with Crippen LogP contribution in [0.4, 0.5) is 0 Å². The zero-order valence-electron chi connectivity index (χ0n) is 6.73. The van der Waals surface area contributed by atoms with E-state index in [1.807, 2.05) is 30.3 Å². The smallest absolute Gasteiger partial charge is 0.207 e. The van der Waals surface area contributed by atoms with Crippen molar-refractivity contribution in [1.82, 2.24) is 5.32 Å². The lowest BCUT2D eigenvalue weighted by Crippen LogP contribution is -2.16. The third kappa shape index (κ3) is 1.95. The second-order valence-corrected chi connectivity index (χ2v) is 2.41. The lowest BCUT2D eigenvalue weighted by atomic mass is 10.4. The maximum atomic E-state index is 10.2. The molecule has 0 radical (unpaired) electrons. The van der Waals surface area contributed by atoms with Gasteiger partial charge in [0.25, 0.3) is 0 Å². The molecule has 1 N–H and O–H groups in total. The van der Waals surface area contributed by atoms with E-state index in [-0.39, 0.29) is 6.04 Å². The maximum Gasteiger partial charge on any atom is 0.207 e. The van der Waals surface area contributed by atoms with Gasteiger partial charge in [-0.1, -0.05) is 36.4 Å². The molecule has 0 aromatic heterocycles. The molecule has 1 aromatic rings. The molecule has 2 nitrogen and oxygen atoms in total. The lowest BCUT2D eigenvalue weighted by Gasteiger charge is -2.10. The van der Waals surface area contributed by atoms with Crippen molar-refractivity contribution in [3.8, 4) is 0 Å². The minimum absolute atomic E-state index is 0.0799. The highest BCUT2D eigenvalue weighted by molar-refractivity contribution is 5.48. The Balaban J connectivity index is 2.79. The van der Waals surface area contributed by atoms with Crippen molar-refractivity contribution >= 4 is 6.41 Å². The van der Waals surface area contributed by atoms with E-state index in [2.05, 4.69) is 11.9 Å². The van der Waals surface area contributed by atoms with Crippen molar-refractivity contribution in [3.05, 3.63) is 48.6 Å². The third-order valence-corrected chi connectivity index (χ3v) is 1.64. The first-order valence-corrected chi connectivity index (χ1v) is 3.75. The highest BCUT2D eigenvalue weighted by Gasteiger charge is 2.02. The molecule has 0 saturated carbocycles. The zero-order valence-corrected chi connectivity index (χ0v) is 6.73. The van der Waals surface area contributed by atoms with Crippen LogP contribution in [0.1, 0.15) is 11.6 Å². The van der Waals surface area contributed by atoms with E-state index >= 15 is 0 Å².